The van der Waals surface area contributed by atoms with E-state index in [1.54, 1.807) is 9.12 Å². The summed E-state index contributed by atoms with van der Waals surface area (Å²) in [5.74, 6) is -3.23. The van der Waals surface area contributed by atoms with Gasteiger partial charge in [0.25, 0.3) is 0 Å². The number of carbonyl (C=O) groups excluding carboxylic acids is 5. The second-order valence-electron chi connectivity index (χ2n) is 23.1. The fraction of sp³-hybridized carbons (Fsp3) is 0.900. The molecule has 0 fully saturated rings. The summed E-state index contributed by atoms with van der Waals surface area (Å²) in [5.41, 5.74) is 0. The van der Waals surface area contributed by atoms with Crippen LogP contribution in [0.3, 0.4) is 0 Å². The number of carboxylic acid groups (broad SMARTS) is 1. The Hall–Kier alpha value is -1.73. The number of phosphoric acid groups is 2. The van der Waals surface area contributed by atoms with Crippen LogP contribution < -0.4 is 0 Å². The summed E-state index contributed by atoms with van der Waals surface area (Å²) in [6.45, 7) is 5.69. The van der Waals surface area contributed by atoms with Crippen LogP contribution in [0.1, 0.15) is 240 Å². The fourth-order valence-corrected chi connectivity index (χ4v) is 9.30. The maximum Gasteiger partial charge on any atom is 0.472 e. The number of hydrogen-bond acceptors (Lipinski definition) is 17. The molecule has 0 saturated carbocycles. The van der Waals surface area contributed by atoms with E-state index in [1.807, 2.05) is 49.0 Å². The molecule has 0 amide bonds. The minimum Gasteiger partial charge on any atom is -0.481 e. The third-order valence-corrected chi connectivity index (χ3v) is 14.7. The maximum atomic E-state index is 12.2. The molecular formula is C60H124N2O20P4V+2. The van der Waals surface area contributed by atoms with Crippen molar-refractivity contribution < 1.29 is 122 Å². The molecule has 0 aliphatic carbocycles. The van der Waals surface area contributed by atoms with E-state index in [4.69, 9.17) is 46.7 Å². The van der Waals surface area contributed by atoms with Crippen LogP contribution in [0.25, 0.3) is 0 Å². The van der Waals surface area contributed by atoms with Crippen LogP contribution in [0.2, 0.25) is 0 Å². The van der Waals surface area contributed by atoms with E-state index in [0.717, 1.165) is 38.5 Å². The van der Waals surface area contributed by atoms with Gasteiger partial charge in [-0.3, -0.25) is 46.6 Å². The average molecular weight is 1370 g/mol. The number of likely N-dealkylation sites (N-methyl/N-ethyl adjacent to an activating group) is 2. The molecule has 0 aliphatic heterocycles. The molecule has 87 heavy (non-hydrogen) atoms. The Kier molecular flexibility index (Phi) is 72.8. The summed E-state index contributed by atoms with van der Waals surface area (Å²) in [6, 6.07) is 0. The Morgan fingerprint density at radius 2 is 0.724 bits per heavy atom. The van der Waals surface area contributed by atoms with Gasteiger partial charge in [0.05, 0.1) is 55.5 Å². The van der Waals surface area contributed by atoms with Gasteiger partial charge < -0.3 is 47.6 Å². The standard InChI is InChI=1S/C29H56NO10P.C29H56NO9P.CH5P.CH4.HOP.V/c1-5-6-7-8-9-10-11-12-13-14-15-16-17-20-28(33)37-24-26(40-29(34)21-18-19-27(31)32)25-39-41(35,36)38-23-22-30(2,3)4;1-5-6-7-8-9-10-11-12-13-14-15-16-17-20-28(32)36-25-27(39-29(33)21-18-19-23-31)26-38-40(34,35)37-24-22-30(2,3)4;1-2;;1-2;/h26H,5-25H2,1-4H3,(H-,31,32,35,36);23,27H,5-22,24-26H2,1-4H3;2H2,1H3;1H4;2H;/p+2. The molecule has 5 unspecified atom stereocenters. The Morgan fingerprint density at radius 3 is 1.00 bits per heavy atom. The van der Waals surface area contributed by atoms with E-state index in [-0.39, 0.29) is 97.4 Å². The van der Waals surface area contributed by atoms with Gasteiger partial charge in [0, 0.05) is 57.1 Å². The zero-order chi connectivity index (χ0) is 65.1. The van der Waals surface area contributed by atoms with Crippen LogP contribution in [0.5, 0.6) is 0 Å². The van der Waals surface area contributed by atoms with Gasteiger partial charge in [0.2, 0.25) is 0 Å². The van der Waals surface area contributed by atoms with Crippen molar-refractivity contribution in [1.82, 2.24) is 0 Å². The first-order valence-electron chi connectivity index (χ1n) is 31.3. The van der Waals surface area contributed by atoms with Crippen molar-refractivity contribution in [2.75, 3.05) is 102 Å². The monoisotopic (exact) mass is 1370 g/mol. The van der Waals surface area contributed by atoms with E-state index in [1.165, 1.54) is 122 Å². The molecule has 0 aromatic rings. The largest absolute Gasteiger partial charge is 0.481 e. The second-order valence-corrected chi connectivity index (χ2v) is 26.0. The number of nitrogens with zero attached hydrogens (tertiary/aromatic N) is 2. The summed E-state index contributed by atoms with van der Waals surface area (Å²) in [7, 11) is 6.79. The number of aliphatic carboxylic acids is 1. The molecule has 517 valence electrons. The normalized spacial score (nSPS) is 13.1. The SMILES string of the molecule is C.CCCCCCCCCCCCCCCC(=O)OCC(COP(=O)(O)OCC[N+](C)(C)C)OC(=O)CCCC(=O)O.CCCCCCCCCCCCCCCC(=O)OCC(COP(=O)(O)OCC[N+](C)(C)C)OC(=O)CCCC=O.CP.O=P.[V]. The number of unbranched alkanes of at least 4 members (excludes halogenated alkanes) is 25. The van der Waals surface area contributed by atoms with Crippen molar-refractivity contribution in [3.05, 3.63) is 0 Å². The summed E-state index contributed by atoms with van der Waals surface area (Å²) in [5, 5.41) is 8.74. The van der Waals surface area contributed by atoms with E-state index < -0.39 is 70.9 Å². The smallest absolute Gasteiger partial charge is 0.472 e. The van der Waals surface area contributed by atoms with Gasteiger partial charge in [-0.1, -0.05) is 182 Å². The number of hydrogen-bond donors (Lipinski definition) is 3. The minimum atomic E-state index is -4.42. The third-order valence-electron chi connectivity index (χ3n) is 12.8. The average Bonchev–Trinajstić information content (AvgIpc) is 3.64. The number of esters is 4. The van der Waals surface area contributed by atoms with E-state index >= 15 is 0 Å². The van der Waals surface area contributed by atoms with Gasteiger partial charge in [-0.15, -0.1) is 9.24 Å². The summed E-state index contributed by atoms with van der Waals surface area (Å²) in [4.78, 5) is 89.7. The zero-order valence-corrected chi connectivity index (χ0v) is 59.9. The summed E-state index contributed by atoms with van der Waals surface area (Å²) >= 11 is 0. The molecule has 22 nitrogen and oxygen atoms in total. The molecule has 27 heteroatoms. The van der Waals surface area contributed by atoms with E-state index in [2.05, 4.69) is 23.1 Å². The van der Waals surface area contributed by atoms with Gasteiger partial charge >= 0.3 is 45.5 Å². The first-order chi connectivity index (χ1) is 40.3. The van der Waals surface area contributed by atoms with Crippen molar-refractivity contribution in [3.8, 4) is 0 Å². The topological polar surface area (TPSA) is 288 Å². The number of quaternary nitrogens is 2. The van der Waals surface area contributed by atoms with E-state index in [0.29, 0.717) is 41.2 Å². The van der Waals surface area contributed by atoms with Crippen LogP contribution in [0.15, 0.2) is 0 Å². The predicted molar refractivity (Wildman–Crippen MR) is 344 cm³/mol. The molecule has 0 aromatic heterocycles. The zero-order valence-electron chi connectivity index (χ0n) is 54.5. The van der Waals surface area contributed by atoms with Crippen molar-refractivity contribution in [2.45, 2.75) is 252 Å². The number of carboxylic acids is 1. The molecule has 0 aromatic carbocycles. The van der Waals surface area contributed by atoms with Gasteiger partial charge in [0.15, 0.2) is 12.2 Å². The number of ether oxygens (including phenoxy) is 4. The molecule has 0 aliphatic rings. The van der Waals surface area contributed by atoms with Crippen LogP contribution in [0.4, 0.5) is 0 Å². The quantitative estimate of drug-likeness (QED) is 0.0127. The molecule has 0 rings (SSSR count). The third kappa shape index (κ3) is 78.4. The first-order valence-corrected chi connectivity index (χ1v) is 35.9. The molecule has 1 radical (unpaired) electrons. The minimum absolute atomic E-state index is 0. The molecule has 5 atom stereocenters. The Balaban J connectivity index is -0.000000349. The second kappa shape index (κ2) is 65.8. The van der Waals surface area contributed by atoms with Crippen LogP contribution in [-0.4, -0.2) is 174 Å². The van der Waals surface area contributed by atoms with Crippen LogP contribution >= 0.6 is 34.0 Å². The number of carbonyl (C=O) groups is 6. The Bertz CT molecular complexity index is 1750. The Morgan fingerprint density at radius 1 is 0.448 bits per heavy atom. The molecule has 3 N–H and O–H groups in total. The molecule has 0 spiro atoms. The fourth-order valence-electron chi connectivity index (χ4n) is 7.82. The molecule has 0 bridgehead atoms. The van der Waals surface area contributed by atoms with Gasteiger partial charge in [-0.2, -0.15) is 0 Å². The molecule has 0 heterocycles. The van der Waals surface area contributed by atoms with Crippen LogP contribution in [-0.2, 0) is 98.1 Å². The molecular weight excluding hydrogens is 1240 g/mol. The van der Waals surface area contributed by atoms with Crippen molar-refractivity contribution in [2.24, 2.45) is 0 Å². The van der Waals surface area contributed by atoms with Crippen molar-refractivity contribution in [1.29, 1.82) is 0 Å². The van der Waals surface area contributed by atoms with Gasteiger partial charge in [-0.25, -0.2) is 9.13 Å². The van der Waals surface area contributed by atoms with Crippen molar-refractivity contribution in [3.63, 3.8) is 0 Å². The summed E-state index contributed by atoms with van der Waals surface area (Å²) in [6.07, 6.45) is 30.6. The van der Waals surface area contributed by atoms with Crippen molar-refractivity contribution >= 4 is 70.1 Å². The molecule has 0 saturated heterocycles. The first kappa shape index (κ1) is 96.4. The van der Waals surface area contributed by atoms with Crippen LogP contribution in [0, 0.1) is 0 Å². The van der Waals surface area contributed by atoms with Gasteiger partial charge in [0.1, 0.15) is 54.9 Å². The Labute approximate surface area is 542 Å². The maximum absolute atomic E-state index is 12.2. The number of aldehydes is 1. The number of phosphoric ester groups is 2. The summed E-state index contributed by atoms with van der Waals surface area (Å²) < 4.78 is 74.5. The number of rotatable bonds is 56. The van der Waals surface area contributed by atoms with E-state index in [9.17, 15) is 47.7 Å². The van der Waals surface area contributed by atoms with Gasteiger partial charge in [-0.05, 0) is 25.7 Å². The predicted octanol–water partition coefficient (Wildman–Crippen LogP) is 13.7.